The average Bonchev–Trinajstić information content (AvgIpc) is 2.19. The number of aromatic nitrogens is 2. The van der Waals surface area contributed by atoms with E-state index in [0.717, 1.165) is 0 Å². The van der Waals surface area contributed by atoms with E-state index < -0.39 is 5.60 Å². The molecule has 0 amide bonds. The van der Waals surface area contributed by atoms with E-state index in [-0.39, 0.29) is 12.5 Å². The van der Waals surface area contributed by atoms with Crippen molar-refractivity contribution in [3.8, 4) is 0 Å². The molecule has 0 aliphatic rings. The summed E-state index contributed by atoms with van der Waals surface area (Å²) in [7, 11) is 1.57. The van der Waals surface area contributed by atoms with Crippen LogP contribution in [0, 0.1) is 5.92 Å². The van der Waals surface area contributed by atoms with Gasteiger partial charge in [0.25, 0.3) is 0 Å². The molecule has 1 atom stereocenters. The Morgan fingerprint density at radius 1 is 1.43 bits per heavy atom. The Kier molecular flexibility index (Phi) is 3.55. The van der Waals surface area contributed by atoms with Crippen LogP contribution >= 0.6 is 0 Å². The number of aliphatic hydroxyl groups is 1. The Morgan fingerprint density at radius 3 is 2.43 bits per heavy atom. The summed E-state index contributed by atoms with van der Waals surface area (Å²) in [6, 6.07) is 0. The van der Waals surface area contributed by atoms with Crippen molar-refractivity contribution in [2.24, 2.45) is 5.92 Å². The van der Waals surface area contributed by atoms with E-state index in [1.807, 2.05) is 13.8 Å². The van der Waals surface area contributed by atoms with Gasteiger partial charge >= 0.3 is 0 Å². The van der Waals surface area contributed by atoms with Crippen molar-refractivity contribution in [1.82, 2.24) is 9.97 Å². The third-order valence-corrected chi connectivity index (χ3v) is 2.38. The molecule has 1 aromatic rings. The lowest BCUT2D eigenvalue weighted by atomic mass is 9.86. The fraction of sp³-hybridized carbons (Fsp3) is 0.600. The van der Waals surface area contributed by atoms with Gasteiger partial charge in [-0.1, -0.05) is 13.8 Å². The summed E-state index contributed by atoms with van der Waals surface area (Å²) in [5.74, 6) is 0.0495. The maximum atomic E-state index is 10.4. The molecule has 1 rings (SSSR count). The molecule has 1 aromatic heterocycles. The first-order valence-corrected chi connectivity index (χ1v) is 4.58. The molecule has 4 heteroatoms. The molecular formula is C10H16N2O2. The monoisotopic (exact) mass is 196 g/mol. The van der Waals surface area contributed by atoms with Crippen molar-refractivity contribution < 1.29 is 9.84 Å². The molecule has 0 saturated carbocycles. The van der Waals surface area contributed by atoms with Gasteiger partial charge in [0.2, 0.25) is 0 Å². The summed E-state index contributed by atoms with van der Waals surface area (Å²) in [6.45, 7) is 4.12. The van der Waals surface area contributed by atoms with Gasteiger partial charge in [-0.15, -0.1) is 0 Å². The second kappa shape index (κ2) is 4.48. The van der Waals surface area contributed by atoms with E-state index >= 15 is 0 Å². The molecule has 0 bridgehead atoms. The van der Waals surface area contributed by atoms with Crippen LogP contribution in [0.4, 0.5) is 0 Å². The first kappa shape index (κ1) is 11.1. The first-order chi connectivity index (χ1) is 6.61. The zero-order valence-corrected chi connectivity index (χ0v) is 8.77. The maximum Gasteiger partial charge on any atom is 0.118 e. The van der Waals surface area contributed by atoms with Crippen molar-refractivity contribution >= 4 is 0 Å². The Labute approximate surface area is 84.0 Å². The third kappa shape index (κ3) is 2.08. The number of hydrogen-bond donors (Lipinski definition) is 1. The van der Waals surface area contributed by atoms with Gasteiger partial charge in [-0.2, -0.15) is 0 Å². The fourth-order valence-corrected chi connectivity index (χ4v) is 1.33. The molecule has 4 nitrogen and oxygen atoms in total. The van der Waals surface area contributed by atoms with E-state index in [1.54, 1.807) is 19.5 Å². The summed E-state index contributed by atoms with van der Waals surface area (Å²) in [4.78, 5) is 7.78. The zero-order chi connectivity index (χ0) is 10.6. The molecule has 1 heterocycles. The molecule has 1 N–H and O–H groups in total. The topological polar surface area (TPSA) is 55.2 Å². The number of methoxy groups -OCH3 is 1. The fourth-order valence-electron chi connectivity index (χ4n) is 1.33. The van der Waals surface area contributed by atoms with Gasteiger partial charge in [0.15, 0.2) is 0 Å². The van der Waals surface area contributed by atoms with Crippen molar-refractivity contribution in [1.29, 1.82) is 0 Å². The number of ether oxygens (including phenoxy) is 1. The van der Waals surface area contributed by atoms with Gasteiger partial charge < -0.3 is 9.84 Å². The SMILES string of the molecule is COCC(O)(c1cncnc1)C(C)C. The molecule has 0 fully saturated rings. The first-order valence-electron chi connectivity index (χ1n) is 4.58. The lowest BCUT2D eigenvalue weighted by molar-refractivity contribution is -0.0705. The molecular weight excluding hydrogens is 180 g/mol. The third-order valence-electron chi connectivity index (χ3n) is 2.38. The van der Waals surface area contributed by atoms with E-state index in [2.05, 4.69) is 9.97 Å². The Bertz CT molecular complexity index is 277. The molecule has 0 radical (unpaired) electrons. The second-order valence-electron chi connectivity index (χ2n) is 3.64. The van der Waals surface area contributed by atoms with Gasteiger partial charge in [0, 0.05) is 25.1 Å². The lowest BCUT2D eigenvalue weighted by Crippen LogP contribution is -2.37. The quantitative estimate of drug-likeness (QED) is 0.779. The van der Waals surface area contributed by atoms with E-state index in [9.17, 15) is 5.11 Å². The van der Waals surface area contributed by atoms with Crippen molar-refractivity contribution in [2.45, 2.75) is 19.4 Å². The Morgan fingerprint density at radius 2 is 2.00 bits per heavy atom. The molecule has 0 aliphatic carbocycles. The normalized spacial score (nSPS) is 15.5. The zero-order valence-electron chi connectivity index (χ0n) is 8.77. The minimum atomic E-state index is -1.00. The van der Waals surface area contributed by atoms with Crippen LogP contribution in [0.25, 0.3) is 0 Å². The smallest absolute Gasteiger partial charge is 0.118 e. The highest BCUT2D eigenvalue weighted by Crippen LogP contribution is 2.28. The predicted octanol–water partition coefficient (Wildman–Crippen LogP) is 0.967. The minimum Gasteiger partial charge on any atom is -0.382 e. The van der Waals surface area contributed by atoms with Gasteiger partial charge in [0.1, 0.15) is 11.9 Å². The van der Waals surface area contributed by atoms with Gasteiger partial charge in [-0.3, -0.25) is 0 Å². The predicted molar refractivity (Wildman–Crippen MR) is 52.6 cm³/mol. The summed E-state index contributed by atoms with van der Waals surface area (Å²) in [6.07, 6.45) is 4.68. The second-order valence-corrected chi connectivity index (χ2v) is 3.64. The van der Waals surface area contributed by atoms with E-state index in [0.29, 0.717) is 5.56 Å². The van der Waals surface area contributed by atoms with Crippen molar-refractivity contribution in [3.63, 3.8) is 0 Å². The summed E-state index contributed by atoms with van der Waals surface area (Å²) >= 11 is 0. The van der Waals surface area contributed by atoms with E-state index in [1.165, 1.54) is 6.33 Å². The highest BCUT2D eigenvalue weighted by Gasteiger charge is 2.33. The van der Waals surface area contributed by atoms with Crippen LogP contribution in [0.2, 0.25) is 0 Å². The van der Waals surface area contributed by atoms with Crippen LogP contribution in [0.3, 0.4) is 0 Å². The van der Waals surface area contributed by atoms with Gasteiger partial charge in [0.05, 0.1) is 6.61 Å². The van der Waals surface area contributed by atoms with Crippen LogP contribution in [0.5, 0.6) is 0 Å². The average molecular weight is 196 g/mol. The van der Waals surface area contributed by atoms with Crippen LogP contribution in [-0.2, 0) is 10.3 Å². The minimum absolute atomic E-state index is 0.0495. The largest absolute Gasteiger partial charge is 0.382 e. The van der Waals surface area contributed by atoms with Crippen LogP contribution in [0.15, 0.2) is 18.7 Å². The summed E-state index contributed by atoms with van der Waals surface area (Å²) < 4.78 is 5.02. The van der Waals surface area contributed by atoms with Crippen LogP contribution in [-0.4, -0.2) is 28.8 Å². The molecule has 0 aliphatic heterocycles. The number of rotatable bonds is 4. The molecule has 1 unspecified atom stereocenters. The molecule has 0 aromatic carbocycles. The summed E-state index contributed by atoms with van der Waals surface area (Å²) in [5.41, 5.74) is -0.312. The standard InChI is InChI=1S/C10H16N2O2/c1-8(2)10(13,6-14-3)9-4-11-7-12-5-9/h4-5,7-8,13H,6H2,1-3H3. The number of nitrogens with zero attached hydrogens (tertiary/aromatic N) is 2. The number of hydrogen-bond acceptors (Lipinski definition) is 4. The maximum absolute atomic E-state index is 10.4. The molecule has 78 valence electrons. The van der Waals surface area contributed by atoms with E-state index in [4.69, 9.17) is 4.74 Å². The lowest BCUT2D eigenvalue weighted by Gasteiger charge is -2.31. The Balaban J connectivity index is 2.99. The molecule has 0 saturated heterocycles. The van der Waals surface area contributed by atoms with Crippen LogP contribution < -0.4 is 0 Å². The van der Waals surface area contributed by atoms with Crippen LogP contribution in [0.1, 0.15) is 19.4 Å². The Hall–Kier alpha value is -1.00. The van der Waals surface area contributed by atoms with Gasteiger partial charge in [-0.05, 0) is 5.92 Å². The molecule has 14 heavy (non-hydrogen) atoms. The summed E-state index contributed by atoms with van der Waals surface area (Å²) in [5, 5.41) is 10.4. The van der Waals surface area contributed by atoms with Crippen molar-refractivity contribution in [2.75, 3.05) is 13.7 Å². The van der Waals surface area contributed by atoms with Crippen molar-refractivity contribution in [3.05, 3.63) is 24.3 Å². The van der Waals surface area contributed by atoms with Gasteiger partial charge in [-0.25, -0.2) is 9.97 Å². The molecule has 0 spiro atoms. The highest BCUT2D eigenvalue weighted by molar-refractivity contribution is 5.15. The highest BCUT2D eigenvalue weighted by atomic mass is 16.5.